The van der Waals surface area contributed by atoms with Crippen LogP contribution in [0.25, 0.3) is 5.65 Å². The standard InChI is InChI=1S/C11H10N4O4/c1-2-5-19-11(18)14-8-3-4-12-9-7(10(16)17)6-13-15(8)9/h2-4,6H,1,5H2,(H,14,18)(H,16,17). The van der Waals surface area contributed by atoms with E-state index in [0.29, 0.717) is 0 Å². The minimum absolute atomic E-state index is 0.0527. The van der Waals surface area contributed by atoms with E-state index in [-0.39, 0.29) is 23.6 Å². The predicted molar refractivity (Wildman–Crippen MR) is 65.1 cm³/mol. The molecule has 8 nitrogen and oxygen atoms in total. The summed E-state index contributed by atoms with van der Waals surface area (Å²) in [5.74, 6) is -0.888. The van der Waals surface area contributed by atoms with Crippen molar-refractivity contribution in [1.29, 1.82) is 0 Å². The second kappa shape index (κ2) is 5.17. The second-order valence-corrected chi connectivity index (χ2v) is 3.44. The van der Waals surface area contributed by atoms with Gasteiger partial charge in [-0.2, -0.15) is 9.61 Å². The minimum Gasteiger partial charge on any atom is -0.477 e. The van der Waals surface area contributed by atoms with Crippen LogP contribution in [-0.2, 0) is 4.74 Å². The molecule has 0 spiro atoms. The second-order valence-electron chi connectivity index (χ2n) is 3.44. The summed E-state index contributed by atoms with van der Waals surface area (Å²) in [5.41, 5.74) is 0.0807. The molecule has 0 saturated heterocycles. The fourth-order valence-electron chi connectivity index (χ4n) is 1.41. The lowest BCUT2D eigenvalue weighted by atomic mass is 10.3. The van der Waals surface area contributed by atoms with Crippen LogP contribution in [0.1, 0.15) is 10.4 Å². The molecular weight excluding hydrogens is 252 g/mol. The number of carbonyl (C=O) groups is 2. The number of aromatic carboxylic acids is 1. The van der Waals surface area contributed by atoms with E-state index >= 15 is 0 Å². The zero-order chi connectivity index (χ0) is 13.8. The molecule has 0 radical (unpaired) electrons. The Morgan fingerprint density at radius 3 is 3.05 bits per heavy atom. The number of nitrogens with one attached hydrogen (secondary N) is 1. The summed E-state index contributed by atoms with van der Waals surface area (Å²) in [6.45, 7) is 3.48. The molecule has 2 N–H and O–H groups in total. The Balaban J connectivity index is 2.31. The van der Waals surface area contributed by atoms with E-state index in [4.69, 9.17) is 9.84 Å². The maximum atomic E-state index is 11.4. The first-order valence-electron chi connectivity index (χ1n) is 5.24. The van der Waals surface area contributed by atoms with Crippen LogP contribution in [0.15, 0.2) is 31.1 Å². The summed E-state index contributed by atoms with van der Waals surface area (Å²) < 4.78 is 5.96. The van der Waals surface area contributed by atoms with Gasteiger partial charge < -0.3 is 9.84 Å². The number of carbonyl (C=O) groups excluding carboxylic acids is 1. The molecule has 0 fully saturated rings. The predicted octanol–water partition coefficient (Wildman–Crippen LogP) is 1.16. The third kappa shape index (κ3) is 2.51. The number of anilines is 1. The van der Waals surface area contributed by atoms with Gasteiger partial charge in [-0.1, -0.05) is 12.7 Å². The summed E-state index contributed by atoms with van der Waals surface area (Å²) in [7, 11) is 0. The quantitative estimate of drug-likeness (QED) is 0.801. The van der Waals surface area contributed by atoms with Crippen LogP contribution in [0, 0.1) is 0 Å². The number of rotatable bonds is 4. The molecule has 0 aromatic carbocycles. The zero-order valence-electron chi connectivity index (χ0n) is 9.74. The molecule has 0 atom stereocenters. The zero-order valence-corrected chi connectivity index (χ0v) is 9.74. The summed E-state index contributed by atoms with van der Waals surface area (Å²) in [5, 5.41) is 15.2. The normalized spacial score (nSPS) is 10.1. The van der Waals surface area contributed by atoms with Gasteiger partial charge >= 0.3 is 12.1 Å². The van der Waals surface area contributed by atoms with Gasteiger partial charge in [-0.15, -0.1) is 0 Å². The molecule has 1 amide bonds. The van der Waals surface area contributed by atoms with Gasteiger partial charge in [0.2, 0.25) is 0 Å². The van der Waals surface area contributed by atoms with E-state index in [0.717, 1.165) is 6.20 Å². The lowest BCUT2D eigenvalue weighted by Gasteiger charge is -2.06. The van der Waals surface area contributed by atoms with Crippen LogP contribution in [0.5, 0.6) is 0 Å². The number of amides is 1. The van der Waals surface area contributed by atoms with Gasteiger partial charge in [0.15, 0.2) is 5.65 Å². The number of ether oxygens (including phenoxy) is 1. The molecule has 0 aliphatic heterocycles. The van der Waals surface area contributed by atoms with Crippen molar-refractivity contribution in [2.45, 2.75) is 0 Å². The highest BCUT2D eigenvalue weighted by Crippen LogP contribution is 2.13. The topological polar surface area (TPSA) is 106 Å². The molecule has 0 unspecified atom stereocenters. The van der Waals surface area contributed by atoms with Gasteiger partial charge in [-0.25, -0.2) is 14.6 Å². The van der Waals surface area contributed by atoms with Crippen LogP contribution in [0.4, 0.5) is 10.6 Å². The van der Waals surface area contributed by atoms with Crippen LogP contribution in [0.3, 0.4) is 0 Å². The molecule has 0 saturated carbocycles. The van der Waals surface area contributed by atoms with Gasteiger partial charge in [-0.3, -0.25) is 5.32 Å². The first-order valence-corrected chi connectivity index (χ1v) is 5.24. The average molecular weight is 262 g/mol. The van der Waals surface area contributed by atoms with Crippen molar-refractivity contribution in [3.8, 4) is 0 Å². The van der Waals surface area contributed by atoms with E-state index < -0.39 is 12.1 Å². The number of hydrogen-bond donors (Lipinski definition) is 2. The Labute approximate surface area is 107 Å². The Kier molecular flexibility index (Phi) is 3.42. The number of carboxylic acids is 1. The van der Waals surface area contributed by atoms with Crippen LogP contribution in [0.2, 0.25) is 0 Å². The molecule has 8 heteroatoms. The Hall–Kier alpha value is -2.90. The van der Waals surface area contributed by atoms with Crippen molar-refractivity contribution in [1.82, 2.24) is 14.6 Å². The monoisotopic (exact) mass is 262 g/mol. The first kappa shape index (κ1) is 12.6. The first-order chi connectivity index (χ1) is 9.13. The SMILES string of the molecule is C=CCOC(=O)Nc1ccnc2c(C(=O)O)cnn12. The van der Waals surface area contributed by atoms with Crippen LogP contribution >= 0.6 is 0 Å². The Bertz CT molecular complexity index is 649. The number of nitrogens with zero attached hydrogens (tertiary/aromatic N) is 3. The highest BCUT2D eigenvalue weighted by atomic mass is 16.5. The highest BCUT2D eigenvalue weighted by Gasteiger charge is 2.15. The molecule has 2 rings (SSSR count). The van der Waals surface area contributed by atoms with Crippen molar-refractivity contribution in [2.24, 2.45) is 0 Å². The summed E-state index contributed by atoms with van der Waals surface area (Å²) in [6, 6.07) is 1.47. The number of aromatic nitrogens is 3. The summed E-state index contributed by atoms with van der Waals surface area (Å²) in [4.78, 5) is 26.2. The molecule has 2 aromatic heterocycles. The number of hydrogen-bond acceptors (Lipinski definition) is 5. The smallest absolute Gasteiger partial charge is 0.413 e. The van der Waals surface area contributed by atoms with E-state index in [2.05, 4.69) is 22.0 Å². The lowest BCUT2D eigenvalue weighted by Crippen LogP contribution is -2.16. The van der Waals surface area contributed by atoms with Crippen LogP contribution < -0.4 is 5.32 Å². The summed E-state index contributed by atoms with van der Waals surface area (Å²) in [6.07, 6.45) is 3.26. The maximum absolute atomic E-state index is 11.4. The minimum atomic E-state index is -1.14. The van der Waals surface area contributed by atoms with E-state index in [1.54, 1.807) is 0 Å². The number of fused-ring (bicyclic) bond motifs is 1. The van der Waals surface area contributed by atoms with E-state index in [1.165, 1.54) is 22.9 Å². The third-order valence-electron chi connectivity index (χ3n) is 2.19. The molecular formula is C11H10N4O4. The maximum Gasteiger partial charge on any atom is 0.413 e. The molecule has 0 aliphatic carbocycles. The van der Waals surface area contributed by atoms with Gasteiger partial charge in [-0.05, 0) is 6.07 Å². The fraction of sp³-hybridized carbons (Fsp3) is 0.0909. The van der Waals surface area contributed by atoms with Gasteiger partial charge in [0, 0.05) is 6.20 Å². The molecule has 98 valence electrons. The van der Waals surface area contributed by atoms with Crippen molar-refractivity contribution in [3.05, 3.63) is 36.7 Å². The lowest BCUT2D eigenvalue weighted by molar-refractivity contribution is 0.0698. The molecule has 0 aliphatic rings. The van der Waals surface area contributed by atoms with Crippen molar-refractivity contribution < 1.29 is 19.4 Å². The van der Waals surface area contributed by atoms with E-state index in [9.17, 15) is 9.59 Å². The van der Waals surface area contributed by atoms with Crippen LogP contribution in [-0.4, -0.2) is 38.4 Å². The van der Waals surface area contributed by atoms with Crippen molar-refractivity contribution in [3.63, 3.8) is 0 Å². The van der Waals surface area contributed by atoms with Gasteiger partial charge in [0.05, 0.1) is 6.20 Å². The van der Waals surface area contributed by atoms with Crippen molar-refractivity contribution >= 4 is 23.5 Å². The van der Waals surface area contributed by atoms with E-state index in [1.807, 2.05) is 0 Å². The number of carboxylic acid groups (broad SMARTS) is 1. The molecule has 0 bridgehead atoms. The summed E-state index contributed by atoms with van der Waals surface area (Å²) >= 11 is 0. The van der Waals surface area contributed by atoms with Gasteiger partial charge in [0.1, 0.15) is 18.0 Å². The third-order valence-corrected chi connectivity index (χ3v) is 2.19. The Morgan fingerprint density at radius 2 is 2.37 bits per heavy atom. The van der Waals surface area contributed by atoms with Crippen molar-refractivity contribution in [2.75, 3.05) is 11.9 Å². The van der Waals surface area contributed by atoms with Gasteiger partial charge in [0.25, 0.3) is 0 Å². The molecule has 19 heavy (non-hydrogen) atoms. The Morgan fingerprint density at radius 1 is 1.58 bits per heavy atom. The highest BCUT2D eigenvalue weighted by molar-refractivity contribution is 5.94. The fourth-order valence-corrected chi connectivity index (χ4v) is 1.41. The average Bonchev–Trinajstić information content (AvgIpc) is 2.81. The largest absolute Gasteiger partial charge is 0.477 e. The molecule has 2 heterocycles. The molecule has 2 aromatic rings.